The SMILES string of the molecule is O=C(Nc1cc(Cl)cc(Cl)c1)c1ccc(N2CCCCCC2)nn1. The quantitative estimate of drug-likeness (QED) is 0.875. The third-order valence-electron chi connectivity index (χ3n) is 3.93. The lowest BCUT2D eigenvalue weighted by Crippen LogP contribution is -2.25. The van der Waals surface area contributed by atoms with Crippen molar-refractivity contribution in [2.24, 2.45) is 0 Å². The van der Waals surface area contributed by atoms with Gasteiger partial charge in [-0.1, -0.05) is 36.0 Å². The number of aromatic nitrogens is 2. The molecule has 7 heteroatoms. The average Bonchev–Trinajstić information content (AvgIpc) is 2.83. The summed E-state index contributed by atoms with van der Waals surface area (Å²) in [6.45, 7) is 1.97. The van der Waals surface area contributed by atoms with E-state index in [1.54, 1.807) is 24.3 Å². The molecular formula is C17H18Cl2N4O. The van der Waals surface area contributed by atoms with Crippen molar-refractivity contribution in [3.8, 4) is 0 Å². The van der Waals surface area contributed by atoms with Gasteiger partial charge in [-0.25, -0.2) is 0 Å². The first-order chi connectivity index (χ1) is 11.6. The zero-order chi connectivity index (χ0) is 16.9. The van der Waals surface area contributed by atoms with Crippen molar-refractivity contribution in [3.05, 3.63) is 46.1 Å². The van der Waals surface area contributed by atoms with Crippen LogP contribution in [0.4, 0.5) is 11.5 Å². The normalized spacial score (nSPS) is 15.0. The highest BCUT2D eigenvalue weighted by molar-refractivity contribution is 6.35. The molecule has 0 unspecified atom stereocenters. The van der Waals surface area contributed by atoms with Gasteiger partial charge in [0.05, 0.1) is 0 Å². The van der Waals surface area contributed by atoms with E-state index in [4.69, 9.17) is 23.2 Å². The fourth-order valence-corrected chi connectivity index (χ4v) is 3.26. The van der Waals surface area contributed by atoms with Gasteiger partial charge in [-0.2, -0.15) is 0 Å². The molecule has 0 spiro atoms. The van der Waals surface area contributed by atoms with Crippen LogP contribution in [0.25, 0.3) is 0 Å². The summed E-state index contributed by atoms with van der Waals surface area (Å²) in [7, 11) is 0. The predicted molar refractivity (Wildman–Crippen MR) is 97.1 cm³/mol. The summed E-state index contributed by atoms with van der Waals surface area (Å²) < 4.78 is 0. The van der Waals surface area contributed by atoms with Crippen molar-refractivity contribution < 1.29 is 4.79 Å². The minimum absolute atomic E-state index is 0.254. The lowest BCUT2D eigenvalue weighted by molar-refractivity contribution is 0.102. The molecule has 1 saturated heterocycles. The summed E-state index contributed by atoms with van der Waals surface area (Å²) in [6.07, 6.45) is 4.85. The third kappa shape index (κ3) is 4.36. The first kappa shape index (κ1) is 17.0. The fourth-order valence-electron chi connectivity index (χ4n) is 2.74. The maximum absolute atomic E-state index is 12.3. The van der Waals surface area contributed by atoms with E-state index in [0.29, 0.717) is 15.7 Å². The number of halogens is 2. The molecule has 1 fully saturated rings. The molecule has 0 atom stereocenters. The van der Waals surface area contributed by atoms with Gasteiger partial charge < -0.3 is 10.2 Å². The Labute approximate surface area is 151 Å². The average molecular weight is 365 g/mol. The van der Waals surface area contributed by atoms with Crippen LogP contribution in [-0.4, -0.2) is 29.2 Å². The molecule has 1 aromatic carbocycles. The number of nitrogens with zero attached hydrogens (tertiary/aromatic N) is 3. The van der Waals surface area contributed by atoms with Crippen LogP contribution in [0.2, 0.25) is 10.0 Å². The zero-order valence-electron chi connectivity index (χ0n) is 13.1. The molecule has 0 saturated carbocycles. The lowest BCUT2D eigenvalue weighted by Gasteiger charge is -2.20. The van der Waals surface area contributed by atoms with E-state index in [1.807, 2.05) is 6.07 Å². The van der Waals surface area contributed by atoms with Crippen molar-refractivity contribution >= 4 is 40.6 Å². The Hall–Kier alpha value is -1.85. The Balaban J connectivity index is 1.69. The molecule has 126 valence electrons. The van der Waals surface area contributed by atoms with Gasteiger partial charge in [0, 0.05) is 28.8 Å². The predicted octanol–water partition coefficient (Wildman–Crippen LogP) is 4.42. The van der Waals surface area contributed by atoms with Crippen molar-refractivity contribution in [1.82, 2.24) is 10.2 Å². The van der Waals surface area contributed by atoms with Crippen molar-refractivity contribution in [3.63, 3.8) is 0 Å². The van der Waals surface area contributed by atoms with Gasteiger partial charge in [0.1, 0.15) is 0 Å². The van der Waals surface area contributed by atoms with Gasteiger partial charge in [0.15, 0.2) is 11.5 Å². The van der Waals surface area contributed by atoms with Crippen LogP contribution in [0.3, 0.4) is 0 Å². The first-order valence-electron chi connectivity index (χ1n) is 7.98. The van der Waals surface area contributed by atoms with Gasteiger partial charge in [-0.15, -0.1) is 10.2 Å². The van der Waals surface area contributed by atoms with Gasteiger partial charge >= 0.3 is 0 Å². The Kier molecular flexibility index (Phi) is 5.53. The van der Waals surface area contributed by atoms with E-state index in [1.165, 1.54) is 25.7 Å². The molecule has 0 radical (unpaired) electrons. The fraction of sp³-hybridized carbons (Fsp3) is 0.353. The second kappa shape index (κ2) is 7.81. The zero-order valence-corrected chi connectivity index (χ0v) is 14.6. The summed E-state index contributed by atoms with van der Waals surface area (Å²) in [5.74, 6) is 0.475. The number of hydrogen-bond donors (Lipinski definition) is 1. The number of benzene rings is 1. The Morgan fingerprint density at radius 3 is 2.21 bits per heavy atom. The minimum Gasteiger partial charge on any atom is -0.355 e. The first-order valence-corrected chi connectivity index (χ1v) is 8.73. The number of amides is 1. The van der Waals surface area contributed by atoms with E-state index in [0.717, 1.165) is 18.9 Å². The van der Waals surface area contributed by atoms with E-state index in [9.17, 15) is 4.79 Å². The number of carbonyl (C=O) groups is 1. The number of nitrogens with one attached hydrogen (secondary N) is 1. The van der Waals surface area contributed by atoms with Gasteiger partial charge in [0.2, 0.25) is 0 Å². The number of rotatable bonds is 3. The Morgan fingerprint density at radius 2 is 1.62 bits per heavy atom. The van der Waals surface area contributed by atoms with E-state index in [-0.39, 0.29) is 11.6 Å². The van der Waals surface area contributed by atoms with Crippen molar-refractivity contribution in [1.29, 1.82) is 0 Å². The van der Waals surface area contributed by atoms with Crippen molar-refractivity contribution in [2.75, 3.05) is 23.3 Å². The lowest BCUT2D eigenvalue weighted by atomic mass is 10.2. The highest BCUT2D eigenvalue weighted by Gasteiger charge is 2.14. The molecule has 0 bridgehead atoms. The summed E-state index contributed by atoms with van der Waals surface area (Å²) in [6, 6.07) is 8.40. The van der Waals surface area contributed by atoms with Crippen LogP contribution >= 0.6 is 23.2 Å². The number of hydrogen-bond acceptors (Lipinski definition) is 4. The molecule has 1 N–H and O–H groups in total. The topological polar surface area (TPSA) is 58.1 Å². The van der Waals surface area contributed by atoms with Crippen LogP contribution in [0, 0.1) is 0 Å². The molecule has 2 aromatic rings. The molecule has 1 aliphatic heterocycles. The molecule has 24 heavy (non-hydrogen) atoms. The van der Waals surface area contributed by atoms with Gasteiger partial charge in [-0.3, -0.25) is 4.79 Å². The van der Waals surface area contributed by atoms with E-state index >= 15 is 0 Å². The molecule has 2 heterocycles. The third-order valence-corrected chi connectivity index (χ3v) is 4.37. The molecule has 1 aromatic heterocycles. The number of carbonyl (C=O) groups excluding carboxylic acids is 1. The number of anilines is 2. The summed E-state index contributed by atoms with van der Waals surface area (Å²) in [5.41, 5.74) is 0.778. The minimum atomic E-state index is -0.344. The summed E-state index contributed by atoms with van der Waals surface area (Å²) in [5, 5.41) is 11.9. The summed E-state index contributed by atoms with van der Waals surface area (Å²) in [4.78, 5) is 14.5. The van der Waals surface area contributed by atoms with Crippen molar-refractivity contribution in [2.45, 2.75) is 25.7 Å². The standard InChI is InChI=1S/C17H18Cl2N4O/c18-12-9-13(19)11-14(10-12)20-17(24)15-5-6-16(22-21-15)23-7-3-1-2-4-8-23/h5-6,9-11H,1-4,7-8H2,(H,20,24). The molecule has 3 rings (SSSR count). The molecule has 1 aliphatic rings. The Morgan fingerprint density at radius 1 is 0.958 bits per heavy atom. The second-order valence-electron chi connectivity index (χ2n) is 5.79. The highest BCUT2D eigenvalue weighted by atomic mass is 35.5. The van der Waals surface area contributed by atoms with Crippen LogP contribution < -0.4 is 10.2 Å². The second-order valence-corrected chi connectivity index (χ2v) is 6.66. The monoisotopic (exact) mass is 364 g/mol. The molecule has 1 amide bonds. The maximum Gasteiger partial charge on any atom is 0.276 e. The largest absolute Gasteiger partial charge is 0.355 e. The summed E-state index contributed by atoms with van der Waals surface area (Å²) >= 11 is 11.9. The van der Waals surface area contributed by atoms with Gasteiger partial charge in [-0.05, 0) is 43.2 Å². The smallest absolute Gasteiger partial charge is 0.276 e. The molecule has 5 nitrogen and oxygen atoms in total. The maximum atomic E-state index is 12.3. The highest BCUT2D eigenvalue weighted by Crippen LogP contribution is 2.23. The van der Waals surface area contributed by atoms with Crippen LogP contribution in [0.15, 0.2) is 30.3 Å². The molecular weight excluding hydrogens is 347 g/mol. The van der Waals surface area contributed by atoms with Gasteiger partial charge in [0.25, 0.3) is 5.91 Å². The van der Waals surface area contributed by atoms with Crippen LogP contribution in [-0.2, 0) is 0 Å². The van der Waals surface area contributed by atoms with Crippen LogP contribution in [0.5, 0.6) is 0 Å². The van der Waals surface area contributed by atoms with E-state index in [2.05, 4.69) is 20.4 Å². The molecule has 0 aliphatic carbocycles. The van der Waals surface area contributed by atoms with E-state index < -0.39 is 0 Å². The Bertz CT molecular complexity index is 693. The van der Waals surface area contributed by atoms with Crippen LogP contribution in [0.1, 0.15) is 36.2 Å².